The van der Waals surface area contributed by atoms with Crippen LogP contribution in [-0.2, 0) is 11.3 Å². The molecular weight excluding hydrogens is 340 g/mol. The number of hydrogen-bond acceptors (Lipinski definition) is 3. The lowest BCUT2D eigenvalue weighted by Gasteiger charge is -2.37. The lowest BCUT2D eigenvalue weighted by atomic mass is 9.92. The van der Waals surface area contributed by atoms with Crippen LogP contribution in [0.1, 0.15) is 67.3 Å². The fourth-order valence-corrected chi connectivity index (χ4v) is 5.30. The number of aromatic amines is 1. The van der Waals surface area contributed by atoms with Gasteiger partial charge in [0.2, 0.25) is 5.91 Å². The van der Waals surface area contributed by atoms with E-state index in [1.54, 1.807) is 12.4 Å². The third-order valence-electron chi connectivity index (χ3n) is 6.64. The molecule has 0 radical (unpaired) electrons. The Bertz CT molecular complexity index is 877. The normalized spacial score (nSPS) is 21.9. The van der Waals surface area contributed by atoms with Gasteiger partial charge in [-0.3, -0.25) is 9.59 Å². The maximum absolute atomic E-state index is 13.3. The Kier molecular flexibility index (Phi) is 4.14. The van der Waals surface area contributed by atoms with E-state index in [9.17, 15) is 9.59 Å². The Balaban J connectivity index is 1.48. The minimum atomic E-state index is -0.369. The summed E-state index contributed by atoms with van der Waals surface area (Å²) < 4.78 is 0. The molecule has 6 heteroatoms. The third kappa shape index (κ3) is 2.82. The monoisotopic (exact) mass is 366 g/mol. The molecule has 3 aliphatic rings. The minimum absolute atomic E-state index is 0.0415. The zero-order valence-corrected chi connectivity index (χ0v) is 15.5. The van der Waals surface area contributed by atoms with Crippen molar-refractivity contribution in [3.63, 3.8) is 0 Å². The Morgan fingerprint density at radius 2 is 1.93 bits per heavy atom. The second-order valence-electron chi connectivity index (χ2n) is 8.31. The van der Waals surface area contributed by atoms with Gasteiger partial charge >= 0.3 is 0 Å². The number of hydrogen-bond donors (Lipinski definition) is 2. The van der Waals surface area contributed by atoms with Gasteiger partial charge in [0.15, 0.2) is 0 Å². The smallest absolute Gasteiger partial charge is 0.257 e. The van der Waals surface area contributed by atoms with Crippen LogP contribution < -0.4 is 5.32 Å². The van der Waals surface area contributed by atoms with Gasteiger partial charge < -0.3 is 15.2 Å². The van der Waals surface area contributed by atoms with Crippen LogP contribution >= 0.6 is 0 Å². The first-order chi connectivity index (χ1) is 13.2. The SMILES string of the molecule is O=C(NC1CCCC1)[C@@H](C1CCCC1)N1Cc2ccnc3[nH]cc(c23)C1=O. The number of rotatable bonds is 4. The first kappa shape index (κ1) is 16.8. The van der Waals surface area contributed by atoms with Gasteiger partial charge in [0.05, 0.1) is 5.56 Å². The van der Waals surface area contributed by atoms with Crippen LogP contribution in [0.25, 0.3) is 11.0 Å². The Hall–Kier alpha value is -2.37. The molecule has 0 unspecified atom stereocenters. The summed E-state index contributed by atoms with van der Waals surface area (Å²) in [5.41, 5.74) is 2.48. The minimum Gasteiger partial charge on any atom is -0.352 e. The maximum atomic E-state index is 13.3. The van der Waals surface area contributed by atoms with Crippen molar-refractivity contribution in [3.05, 3.63) is 29.6 Å². The maximum Gasteiger partial charge on any atom is 0.257 e. The van der Waals surface area contributed by atoms with Crippen LogP contribution in [0.3, 0.4) is 0 Å². The van der Waals surface area contributed by atoms with Crippen LogP contribution in [0.2, 0.25) is 0 Å². The highest BCUT2D eigenvalue weighted by atomic mass is 16.2. The van der Waals surface area contributed by atoms with Crippen LogP contribution in [0.4, 0.5) is 0 Å². The Morgan fingerprint density at radius 1 is 1.19 bits per heavy atom. The summed E-state index contributed by atoms with van der Waals surface area (Å²) in [6, 6.07) is 1.88. The second-order valence-corrected chi connectivity index (χ2v) is 8.31. The van der Waals surface area contributed by atoms with Crippen LogP contribution in [-0.4, -0.2) is 38.8 Å². The molecule has 5 rings (SSSR count). The van der Waals surface area contributed by atoms with Crippen molar-refractivity contribution >= 4 is 22.8 Å². The first-order valence-electron chi connectivity index (χ1n) is 10.3. The van der Waals surface area contributed by atoms with Gasteiger partial charge in [-0.1, -0.05) is 25.7 Å². The summed E-state index contributed by atoms with van der Waals surface area (Å²) in [5, 5.41) is 4.18. The Morgan fingerprint density at radius 3 is 2.70 bits per heavy atom. The number of carbonyl (C=O) groups is 2. The largest absolute Gasteiger partial charge is 0.352 e. The number of pyridine rings is 1. The van der Waals surface area contributed by atoms with Crippen molar-refractivity contribution in [1.29, 1.82) is 0 Å². The van der Waals surface area contributed by atoms with Crippen molar-refractivity contribution in [1.82, 2.24) is 20.2 Å². The van der Waals surface area contributed by atoms with Crippen molar-refractivity contribution < 1.29 is 9.59 Å². The van der Waals surface area contributed by atoms with E-state index in [-0.39, 0.29) is 29.8 Å². The van der Waals surface area contributed by atoms with Gasteiger partial charge in [-0.05, 0) is 43.2 Å². The van der Waals surface area contributed by atoms with Crippen molar-refractivity contribution in [2.45, 2.75) is 70.0 Å². The van der Waals surface area contributed by atoms with E-state index in [0.717, 1.165) is 55.1 Å². The van der Waals surface area contributed by atoms with Crippen molar-refractivity contribution in [2.75, 3.05) is 0 Å². The fourth-order valence-electron chi connectivity index (χ4n) is 5.30. The predicted molar refractivity (Wildman–Crippen MR) is 102 cm³/mol. The average Bonchev–Trinajstić information content (AvgIpc) is 3.42. The molecule has 2 aliphatic carbocycles. The number of nitrogens with zero attached hydrogens (tertiary/aromatic N) is 2. The van der Waals surface area contributed by atoms with Crippen molar-refractivity contribution in [3.8, 4) is 0 Å². The molecule has 27 heavy (non-hydrogen) atoms. The Labute approximate surface area is 158 Å². The molecule has 2 saturated carbocycles. The molecule has 0 saturated heterocycles. The highest BCUT2D eigenvalue weighted by molar-refractivity contribution is 6.10. The summed E-state index contributed by atoms with van der Waals surface area (Å²) in [7, 11) is 0. The second kappa shape index (κ2) is 6.66. The topological polar surface area (TPSA) is 78.1 Å². The quantitative estimate of drug-likeness (QED) is 0.873. The number of amides is 2. The van der Waals surface area contributed by atoms with E-state index in [1.807, 2.05) is 11.0 Å². The fraction of sp³-hybridized carbons (Fsp3) is 0.571. The average molecular weight is 366 g/mol. The summed E-state index contributed by atoms with van der Waals surface area (Å²) in [5.74, 6) is 0.264. The van der Waals surface area contributed by atoms with Crippen LogP contribution in [0.15, 0.2) is 18.5 Å². The number of aromatic nitrogens is 2. The van der Waals surface area contributed by atoms with E-state index in [1.165, 1.54) is 12.8 Å². The van der Waals surface area contributed by atoms with E-state index < -0.39 is 0 Å². The van der Waals surface area contributed by atoms with Gasteiger partial charge in [-0.15, -0.1) is 0 Å². The molecule has 1 atom stereocenters. The molecule has 6 nitrogen and oxygen atoms in total. The van der Waals surface area contributed by atoms with Gasteiger partial charge in [0.25, 0.3) is 5.91 Å². The predicted octanol–water partition coefficient (Wildman–Crippen LogP) is 3.14. The molecular formula is C21H26N4O2. The molecule has 0 aromatic carbocycles. The summed E-state index contributed by atoms with van der Waals surface area (Å²) in [6.07, 6.45) is 12.4. The molecule has 142 valence electrons. The van der Waals surface area contributed by atoms with E-state index in [0.29, 0.717) is 12.1 Å². The van der Waals surface area contributed by atoms with Gasteiger partial charge in [0, 0.05) is 30.4 Å². The van der Waals surface area contributed by atoms with Gasteiger partial charge in [-0.25, -0.2) is 4.98 Å². The summed E-state index contributed by atoms with van der Waals surface area (Å²) in [4.78, 5) is 35.9. The highest BCUT2D eigenvalue weighted by Crippen LogP contribution is 2.36. The van der Waals surface area contributed by atoms with Gasteiger partial charge in [0.1, 0.15) is 11.7 Å². The third-order valence-corrected chi connectivity index (χ3v) is 6.64. The zero-order chi connectivity index (χ0) is 18.4. The molecule has 2 amide bonds. The molecule has 0 bridgehead atoms. The van der Waals surface area contributed by atoms with Gasteiger partial charge in [-0.2, -0.15) is 0 Å². The summed E-state index contributed by atoms with van der Waals surface area (Å²) >= 11 is 0. The van der Waals surface area contributed by atoms with Crippen LogP contribution in [0.5, 0.6) is 0 Å². The van der Waals surface area contributed by atoms with E-state index in [4.69, 9.17) is 0 Å². The molecule has 2 N–H and O–H groups in total. The molecule has 2 aromatic heterocycles. The van der Waals surface area contributed by atoms with Crippen molar-refractivity contribution in [2.24, 2.45) is 5.92 Å². The molecule has 2 fully saturated rings. The number of nitrogens with one attached hydrogen (secondary N) is 2. The molecule has 2 aromatic rings. The molecule has 0 spiro atoms. The van der Waals surface area contributed by atoms with E-state index in [2.05, 4.69) is 15.3 Å². The van der Waals surface area contributed by atoms with Crippen LogP contribution in [0, 0.1) is 5.92 Å². The number of H-pyrrole nitrogens is 1. The standard InChI is InChI=1S/C21H26N4O2/c26-20(24-15-7-3-4-8-15)18(13-5-1-2-6-13)25-12-14-9-10-22-19-17(14)16(11-23-19)21(25)27/h9-11,13,15,18H,1-8,12H2,(H,22,23)(H,24,26)/t18-/m1/s1. The molecule has 1 aliphatic heterocycles. The number of carbonyl (C=O) groups excluding carboxylic acids is 2. The zero-order valence-electron chi connectivity index (χ0n) is 15.5. The summed E-state index contributed by atoms with van der Waals surface area (Å²) in [6.45, 7) is 0.488. The molecule has 3 heterocycles. The first-order valence-corrected chi connectivity index (χ1v) is 10.3. The lowest BCUT2D eigenvalue weighted by Crippen LogP contribution is -2.54. The van der Waals surface area contributed by atoms with E-state index >= 15 is 0 Å². The lowest BCUT2D eigenvalue weighted by molar-refractivity contribution is -0.128. The highest BCUT2D eigenvalue weighted by Gasteiger charge is 2.41.